The lowest BCUT2D eigenvalue weighted by Gasteiger charge is -2.32. The van der Waals surface area contributed by atoms with E-state index in [-0.39, 0.29) is 23.8 Å². The van der Waals surface area contributed by atoms with Gasteiger partial charge in [0.15, 0.2) is 5.78 Å². The smallest absolute Gasteiger partial charge is 0.257 e. The largest absolute Gasteiger partial charge is 0.349 e. The van der Waals surface area contributed by atoms with Gasteiger partial charge >= 0.3 is 0 Å². The Bertz CT molecular complexity index is 1120. The summed E-state index contributed by atoms with van der Waals surface area (Å²) in [4.78, 5) is 30.1. The third-order valence-corrected chi connectivity index (χ3v) is 7.32. The SMILES string of the molecule is C=C(SC)C(=O)NC1CCCC(n2c(-c3ccsc3)nc3cc(C(=O)CC)ccc32)C1. The monoisotopic (exact) mass is 453 g/mol. The van der Waals surface area contributed by atoms with Crippen molar-refractivity contribution in [1.29, 1.82) is 0 Å². The highest BCUT2D eigenvalue weighted by Crippen LogP contribution is 2.37. The summed E-state index contributed by atoms with van der Waals surface area (Å²) in [5, 5.41) is 7.33. The molecular weight excluding hydrogens is 426 g/mol. The van der Waals surface area contributed by atoms with Gasteiger partial charge in [-0.3, -0.25) is 9.59 Å². The number of benzene rings is 1. The van der Waals surface area contributed by atoms with Crippen LogP contribution in [0.25, 0.3) is 22.4 Å². The summed E-state index contributed by atoms with van der Waals surface area (Å²) in [7, 11) is 0. The molecule has 3 aromatic rings. The Morgan fingerprint density at radius 3 is 2.87 bits per heavy atom. The minimum atomic E-state index is -0.0746. The third kappa shape index (κ3) is 4.48. The van der Waals surface area contributed by atoms with Crippen molar-refractivity contribution in [3.05, 3.63) is 52.1 Å². The summed E-state index contributed by atoms with van der Waals surface area (Å²) in [5.41, 5.74) is 3.69. The van der Waals surface area contributed by atoms with E-state index in [1.807, 2.05) is 31.4 Å². The van der Waals surface area contributed by atoms with E-state index in [4.69, 9.17) is 4.98 Å². The molecule has 1 saturated carbocycles. The molecule has 5 nitrogen and oxygen atoms in total. The first-order valence-electron chi connectivity index (χ1n) is 10.6. The average molecular weight is 454 g/mol. The van der Waals surface area contributed by atoms with Gasteiger partial charge in [-0.05, 0) is 61.6 Å². The maximum atomic E-state index is 12.4. The Morgan fingerprint density at radius 2 is 2.16 bits per heavy atom. The van der Waals surface area contributed by atoms with Crippen molar-refractivity contribution in [2.45, 2.75) is 51.1 Å². The molecule has 0 bridgehead atoms. The number of thiophene rings is 1. The van der Waals surface area contributed by atoms with Gasteiger partial charge in [0.25, 0.3) is 5.91 Å². The molecule has 0 saturated heterocycles. The van der Waals surface area contributed by atoms with Crippen LogP contribution in [0.15, 0.2) is 46.5 Å². The third-order valence-electron chi connectivity index (χ3n) is 5.96. The lowest BCUT2D eigenvalue weighted by molar-refractivity contribution is -0.117. The van der Waals surface area contributed by atoms with Crippen molar-refractivity contribution < 1.29 is 9.59 Å². The fraction of sp³-hybridized carbons (Fsp3) is 0.375. The molecule has 2 atom stereocenters. The molecule has 1 aliphatic carbocycles. The topological polar surface area (TPSA) is 64.0 Å². The van der Waals surface area contributed by atoms with Gasteiger partial charge in [0, 0.05) is 35.0 Å². The highest BCUT2D eigenvalue weighted by atomic mass is 32.2. The minimum absolute atomic E-state index is 0.0746. The maximum Gasteiger partial charge on any atom is 0.257 e. The Balaban J connectivity index is 1.71. The first-order valence-corrected chi connectivity index (χ1v) is 12.8. The van der Waals surface area contributed by atoms with Crippen LogP contribution in [0.1, 0.15) is 55.4 Å². The molecule has 2 unspecified atom stereocenters. The number of hydrogen-bond donors (Lipinski definition) is 1. The Morgan fingerprint density at radius 1 is 1.32 bits per heavy atom. The summed E-state index contributed by atoms with van der Waals surface area (Å²) in [6.45, 7) is 5.71. The Labute approximate surface area is 190 Å². The van der Waals surface area contributed by atoms with Crippen molar-refractivity contribution in [2.24, 2.45) is 0 Å². The number of rotatable bonds is 7. The van der Waals surface area contributed by atoms with Crippen LogP contribution in [0.2, 0.25) is 0 Å². The number of fused-ring (bicyclic) bond motifs is 1. The number of carbonyl (C=O) groups excluding carboxylic acids is 2. The average Bonchev–Trinajstić information content (AvgIpc) is 3.45. The predicted molar refractivity (Wildman–Crippen MR) is 130 cm³/mol. The van der Waals surface area contributed by atoms with Crippen molar-refractivity contribution in [1.82, 2.24) is 14.9 Å². The zero-order valence-corrected chi connectivity index (χ0v) is 19.5. The molecule has 1 N–H and O–H groups in total. The number of amides is 1. The Hall–Kier alpha value is -2.38. The number of aromatic nitrogens is 2. The molecule has 0 aliphatic heterocycles. The lowest BCUT2D eigenvalue weighted by atomic mass is 9.90. The van der Waals surface area contributed by atoms with Gasteiger partial charge in [0.1, 0.15) is 5.82 Å². The molecule has 162 valence electrons. The van der Waals surface area contributed by atoms with E-state index in [9.17, 15) is 9.59 Å². The predicted octanol–water partition coefficient (Wildman–Crippen LogP) is 5.83. The zero-order chi connectivity index (χ0) is 22.0. The second-order valence-electron chi connectivity index (χ2n) is 7.92. The minimum Gasteiger partial charge on any atom is -0.349 e. The summed E-state index contributed by atoms with van der Waals surface area (Å²) in [5.74, 6) is 0.986. The van der Waals surface area contributed by atoms with Crippen LogP contribution in [0.3, 0.4) is 0 Å². The number of imidazole rings is 1. The molecule has 1 aromatic carbocycles. The van der Waals surface area contributed by atoms with Gasteiger partial charge in [0.2, 0.25) is 0 Å². The lowest BCUT2D eigenvalue weighted by Crippen LogP contribution is -2.39. The molecule has 31 heavy (non-hydrogen) atoms. The normalized spacial score (nSPS) is 18.8. The van der Waals surface area contributed by atoms with Crippen LogP contribution in [0.5, 0.6) is 0 Å². The fourth-order valence-corrected chi connectivity index (χ4v) is 5.21. The van der Waals surface area contributed by atoms with E-state index in [0.717, 1.165) is 48.1 Å². The number of nitrogens with zero attached hydrogens (tertiary/aromatic N) is 2. The van der Waals surface area contributed by atoms with Crippen molar-refractivity contribution in [2.75, 3.05) is 6.26 Å². The van der Waals surface area contributed by atoms with Crippen LogP contribution in [-0.2, 0) is 4.79 Å². The molecule has 1 aliphatic rings. The van der Waals surface area contributed by atoms with Gasteiger partial charge < -0.3 is 9.88 Å². The zero-order valence-electron chi connectivity index (χ0n) is 17.9. The standard InChI is InChI=1S/C24H27N3O2S2/c1-4-22(28)16-8-9-21-20(12-16)26-23(17-10-11-31-14-17)27(21)19-7-5-6-18(13-19)25-24(29)15(2)30-3/h8-12,14,18-19H,2,4-7,13H2,1,3H3,(H,25,29). The second-order valence-corrected chi connectivity index (χ2v) is 9.60. The molecule has 4 rings (SSSR count). The van der Waals surface area contributed by atoms with Crippen molar-refractivity contribution >= 4 is 45.8 Å². The number of hydrogen-bond acceptors (Lipinski definition) is 5. The Kier molecular flexibility index (Phi) is 6.62. The van der Waals surface area contributed by atoms with Gasteiger partial charge in [-0.1, -0.05) is 13.5 Å². The number of thioether (sulfide) groups is 1. The van der Waals surface area contributed by atoms with E-state index in [0.29, 0.717) is 16.9 Å². The van der Waals surface area contributed by atoms with Gasteiger partial charge in [-0.15, -0.1) is 11.8 Å². The summed E-state index contributed by atoms with van der Waals surface area (Å²) in [6, 6.07) is 8.29. The van der Waals surface area contributed by atoms with Crippen LogP contribution in [0.4, 0.5) is 0 Å². The van der Waals surface area contributed by atoms with E-state index >= 15 is 0 Å². The van der Waals surface area contributed by atoms with E-state index in [2.05, 4.69) is 33.3 Å². The van der Waals surface area contributed by atoms with Crippen LogP contribution in [-0.4, -0.2) is 33.5 Å². The van der Waals surface area contributed by atoms with Gasteiger partial charge in [-0.25, -0.2) is 4.98 Å². The summed E-state index contributed by atoms with van der Waals surface area (Å²) in [6.07, 6.45) is 6.25. The second kappa shape index (κ2) is 9.40. The fourth-order valence-electron chi connectivity index (χ4n) is 4.33. The summed E-state index contributed by atoms with van der Waals surface area (Å²) < 4.78 is 2.32. The molecular formula is C24H27N3O2S2. The van der Waals surface area contributed by atoms with E-state index in [1.54, 1.807) is 11.3 Å². The van der Waals surface area contributed by atoms with E-state index < -0.39 is 0 Å². The molecule has 2 aromatic heterocycles. The van der Waals surface area contributed by atoms with Gasteiger partial charge in [0.05, 0.1) is 15.9 Å². The number of Topliss-reactive ketones (excluding diaryl/α,β-unsaturated/α-hetero) is 1. The quantitative estimate of drug-likeness (QED) is 0.361. The first kappa shape index (κ1) is 21.8. The van der Waals surface area contributed by atoms with Crippen LogP contribution >= 0.6 is 23.1 Å². The number of carbonyl (C=O) groups is 2. The molecule has 1 amide bonds. The van der Waals surface area contributed by atoms with Crippen molar-refractivity contribution in [3.63, 3.8) is 0 Å². The highest BCUT2D eigenvalue weighted by Gasteiger charge is 2.28. The number of ketones is 1. The molecule has 2 heterocycles. The maximum absolute atomic E-state index is 12.4. The van der Waals surface area contributed by atoms with Crippen LogP contribution in [0, 0.1) is 0 Å². The highest BCUT2D eigenvalue weighted by molar-refractivity contribution is 8.03. The van der Waals surface area contributed by atoms with Gasteiger partial charge in [-0.2, -0.15) is 11.3 Å². The first-order chi connectivity index (χ1) is 15.0. The molecule has 0 radical (unpaired) electrons. The molecule has 0 spiro atoms. The summed E-state index contributed by atoms with van der Waals surface area (Å²) >= 11 is 3.03. The van der Waals surface area contributed by atoms with Crippen molar-refractivity contribution in [3.8, 4) is 11.4 Å². The molecule has 7 heteroatoms. The van der Waals surface area contributed by atoms with E-state index in [1.165, 1.54) is 11.8 Å². The molecule has 1 fully saturated rings. The van der Waals surface area contributed by atoms with Crippen LogP contribution < -0.4 is 5.32 Å². The number of nitrogens with one attached hydrogen (secondary N) is 1.